The number of fused-ring (bicyclic) bond motifs is 3. The molecule has 28 heavy (non-hydrogen) atoms. The summed E-state index contributed by atoms with van der Waals surface area (Å²) in [5, 5.41) is 0.614. The molecule has 2 aliphatic heterocycles. The highest BCUT2D eigenvalue weighted by molar-refractivity contribution is 6.30. The van der Waals surface area contributed by atoms with Crippen LogP contribution in [-0.2, 0) is 5.66 Å². The smallest absolute Gasteiger partial charge is 0.256 e. The molecule has 1 fully saturated rings. The van der Waals surface area contributed by atoms with Gasteiger partial charge in [-0.15, -0.1) is 0 Å². The van der Waals surface area contributed by atoms with Crippen molar-refractivity contribution in [3.63, 3.8) is 0 Å². The lowest BCUT2D eigenvalue weighted by Gasteiger charge is -2.40. The molecule has 0 aliphatic carbocycles. The van der Waals surface area contributed by atoms with E-state index in [0.29, 0.717) is 29.2 Å². The minimum atomic E-state index is -0.953. The van der Waals surface area contributed by atoms with Crippen molar-refractivity contribution in [3.8, 4) is 0 Å². The lowest BCUT2D eigenvalue weighted by atomic mass is 9.89. The Morgan fingerprint density at radius 2 is 1.54 bits per heavy atom. The molecule has 1 atom stereocenters. The Kier molecular flexibility index (Phi) is 3.78. The highest BCUT2D eigenvalue weighted by Crippen LogP contribution is 2.50. The van der Waals surface area contributed by atoms with Crippen LogP contribution in [0, 0.1) is 0 Å². The molecule has 0 spiro atoms. The summed E-state index contributed by atoms with van der Waals surface area (Å²) in [6.45, 7) is 0.950. The highest BCUT2D eigenvalue weighted by Gasteiger charge is 2.59. The molecule has 0 bridgehead atoms. The van der Waals surface area contributed by atoms with Crippen LogP contribution in [0.15, 0.2) is 78.9 Å². The predicted molar refractivity (Wildman–Crippen MR) is 107 cm³/mol. The second-order valence-corrected chi connectivity index (χ2v) is 7.44. The first-order valence-corrected chi connectivity index (χ1v) is 9.56. The molecule has 4 nitrogen and oxygen atoms in total. The van der Waals surface area contributed by atoms with E-state index in [1.54, 1.807) is 12.1 Å². The van der Waals surface area contributed by atoms with Crippen LogP contribution in [0.25, 0.3) is 0 Å². The fraction of sp³-hybridized carbons (Fsp3) is 0.130. The Morgan fingerprint density at radius 1 is 0.857 bits per heavy atom. The van der Waals surface area contributed by atoms with Crippen LogP contribution in [-0.4, -0.2) is 34.7 Å². The van der Waals surface area contributed by atoms with Crippen LogP contribution < -0.4 is 0 Å². The summed E-state index contributed by atoms with van der Waals surface area (Å²) in [5.41, 5.74) is 1.99. The molecule has 1 saturated heterocycles. The maximum Gasteiger partial charge on any atom is 0.256 e. The molecular weight excluding hydrogens is 372 g/mol. The van der Waals surface area contributed by atoms with E-state index in [0.717, 1.165) is 11.1 Å². The molecule has 0 saturated carbocycles. The van der Waals surface area contributed by atoms with Crippen molar-refractivity contribution in [3.05, 3.63) is 106 Å². The van der Waals surface area contributed by atoms with E-state index in [2.05, 4.69) is 0 Å². The summed E-state index contributed by atoms with van der Waals surface area (Å²) >= 11 is 6.12. The average molecular weight is 389 g/mol. The first-order valence-electron chi connectivity index (χ1n) is 9.18. The first kappa shape index (κ1) is 17.0. The third-order valence-electron chi connectivity index (χ3n) is 5.62. The third-order valence-corrected chi connectivity index (χ3v) is 5.87. The number of amides is 2. The predicted octanol–water partition coefficient (Wildman–Crippen LogP) is 4.15. The van der Waals surface area contributed by atoms with Gasteiger partial charge in [0.1, 0.15) is 0 Å². The molecule has 5 rings (SSSR count). The van der Waals surface area contributed by atoms with E-state index in [9.17, 15) is 9.59 Å². The van der Waals surface area contributed by atoms with Crippen molar-refractivity contribution in [1.82, 2.24) is 9.80 Å². The quantitative estimate of drug-likeness (QED) is 0.661. The maximum absolute atomic E-state index is 13.5. The number of hydrogen-bond donors (Lipinski definition) is 0. The zero-order chi connectivity index (χ0) is 19.3. The van der Waals surface area contributed by atoms with Gasteiger partial charge in [-0.2, -0.15) is 0 Å². The van der Waals surface area contributed by atoms with Gasteiger partial charge in [0.25, 0.3) is 11.8 Å². The molecule has 2 amide bonds. The van der Waals surface area contributed by atoms with Crippen molar-refractivity contribution in [1.29, 1.82) is 0 Å². The van der Waals surface area contributed by atoms with E-state index in [4.69, 9.17) is 11.6 Å². The van der Waals surface area contributed by atoms with Crippen LogP contribution in [0.4, 0.5) is 0 Å². The van der Waals surface area contributed by atoms with E-state index in [-0.39, 0.29) is 11.8 Å². The second-order valence-electron chi connectivity index (χ2n) is 7.00. The molecule has 2 heterocycles. The van der Waals surface area contributed by atoms with E-state index in [1.165, 1.54) is 0 Å². The van der Waals surface area contributed by atoms with Gasteiger partial charge >= 0.3 is 0 Å². The number of halogens is 1. The van der Waals surface area contributed by atoms with Gasteiger partial charge in [-0.3, -0.25) is 9.59 Å². The summed E-state index contributed by atoms with van der Waals surface area (Å²) in [4.78, 5) is 30.3. The van der Waals surface area contributed by atoms with Gasteiger partial charge in [0.15, 0.2) is 5.66 Å². The summed E-state index contributed by atoms with van der Waals surface area (Å²) in [5.74, 6) is -0.142. The van der Waals surface area contributed by atoms with Gasteiger partial charge in [0, 0.05) is 40.4 Å². The molecule has 138 valence electrons. The van der Waals surface area contributed by atoms with E-state index < -0.39 is 5.66 Å². The molecule has 2 aliphatic rings. The van der Waals surface area contributed by atoms with E-state index in [1.807, 2.05) is 76.5 Å². The third kappa shape index (κ3) is 2.18. The van der Waals surface area contributed by atoms with Gasteiger partial charge < -0.3 is 9.80 Å². The fourth-order valence-corrected chi connectivity index (χ4v) is 4.59. The second kappa shape index (κ2) is 6.21. The molecule has 0 aromatic heterocycles. The highest BCUT2D eigenvalue weighted by atomic mass is 35.5. The van der Waals surface area contributed by atoms with Crippen molar-refractivity contribution in [2.45, 2.75) is 5.66 Å². The van der Waals surface area contributed by atoms with Crippen molar-refractivity contribution in [2.24, 2.45) is 0 Å². The standard InChI is InChI=1S/C23H17ClN2O2/c24-18-12-10-17(11-13-18)23-20-9-5-4-8-19(20)22(28)26(23)15-14-25(23)21(27)16-6-2-1-3-7-16/h1-13H,14-15H2. The van der Waals surface area contributed by atoms with Crippen molar-refractivity contribution >= 4 is 23.4 Å². The number of hydrogen-bond acceptors (Lipinski definition) is 2. The molecule has 0 N–H and O–H groups in total. The van der Waals surface area contributed by atoms with Gasteiger partial charge in [-0.1, -0.05) is 60.1 Å². The molecular formula is C23H17ClN2O2. The number of nitrogens with zero attached hydrogens (tertiary/aromatic N) is 2. The molecule has 5 heteroatoms. The Bertz CT molecular complexity index is 1080. The number of carbonyl (C=O) groups excluding carboxylic acids is 2. The monoisotopic (exact) mass is 388 g/mol. The van der Waals surface area contributed by atoms with Crippen LogP contribution >= 0.6 is 11.6 Å². The summed E-state index contributed by atoms with van der Waals surface area (Å²) < 4.78 is 0. The summed E-state index contributed by atoms with van der Waals surface area (Å²) in [6.07, 6.45) is 0. The topological polar surface area (TPSA) is 40.6 Å². The van der Waals surface area contributed by atoms with Gasteiger partial charge in [-0.25, -0.2) is 0 Å². The molecule has 3 aromatic carbocycles. The van der Waals surface area contributed by atoms with Gasteiger partial charge in [0.2, 0.25) is 0 Å². The number of benzene rings is 3. The summed E-state index contributed by atoms with van der Waals surface area (Å²) in [6, 6.07) is 24.2. The van der Waals surface area contributed by atoms with Crippen LogP contribution in [0.5, 0.6) is 0 Å². The Balaban J connectivity index is 1.76. The van der Waals surface area contributed by atoms with Crippen molar-refractivity contribution in [2.75, 3.05) is 13.1 Å². The number of rotatable bonds is 2. The average Bonchev–Trinajstić information content (AvgIpc) is 3.25. The molecule has 0 radical (unpaired) electrons. The van der Waals surface area contributed by atoms with Gasteiger partial charge in [0.05, 0.1) is 0 Å². The maximum atomic E-state index is 13.5. The van der Waals surface area contributed by atoms with E-state index >= 15 is 0 Å². The zero-order valence-electron chi connectivity index (χ0n) is 15.0. The minimum absolute atomic E-state index is 0.0473. The van der Waals surface area contributed by atoms with Crippen LogP contribution in [0.1, 0.15) is 31.8 Å². The lowest BCUT2D eigenvalue weighted by molar-refractivity contribution is 0.0375. The normalized spacial score (nSPS) is 20.2. The van der Waals surface area contributed by atoms with Crippen molar-refractivity contribution < 1.29 is 9.59 Å². The van der Waals surface area contributed by atoms with Crippen LogP contribution in [0.3, 0.4) is 0 Å². The fourth-order valence-electron chi connectivity index (χ4n) is 4.46. The zero-order valence-corrected chi connectivity index (χ0v) is 15.8. The van der Waals surface area contributed by atoms with Crippen LogP contribution in [0.2, 0.25) is 5.02 Å². The number of carbonyl (C=O) groups is 2. The molecule has 1 unspecified atom stereocenters. The Labute approximate surface area is 168 Å². The first-order chi connectivity index (χ1) is 13.6. The largest absolute Gasteiger partial charge is 0.306 e. The minimum Gasteiger partial charge on any atom is -0.306 e. The molecule has 3 aromatic rings. The summed E-state index contributed by atoms with van der Waals surface area (Å²) in [7, 11) is 0. The lowest BCUT2D eigenvalue weighted by Crippen LogP contribution is -2.51. The Hall–Kier alpha value is -3.11. The Morgan fingerprint density at radius 3 is 2.29 bits per heavy atom. The SMILES string of the molecule is O=C(c1ccccc1)N1CCN2C(=O)c3ccccc3C12c1ccc(Cl)cc1. The van der Waals surface area contributed by atoms with Gasteiger partial charge in [-0.05, 0) is 30.3 Å².